The first-order valence-corrected chi connectivity index (χ1v) is 27.3. The smallest absolute Gasteiger partial charge is 0.0540 e. The zero-order valence-corrected chi connectivity index (χ0v) is 44.5. The molecule has 0 fully saturated rings. The Morgan fingerprint density at radius 1 is 0.269 bits per heavy atom. The van der Waals surface area contributed by atoms with Crippen molar-refractivity contribution in [3.05, 3.63) is 300 Å². The van der Waals surface area contributed by atoms with E-state index in [-0.39, 0.29) is 10.8 Å². The quantitative estimate of drug-likeness (QED) is 0.126. The van der Waals surface area contributed by atoms with Crippen molar-refractivity contribution >= 4 is 67.8 Å². The lowest BCUT2D eigenvalue weighted by Gasteiger charge is -2.29. The fourth-order valence-electron chi connectivity index (χ4n) is 12.7. The maximum Gasteiger partial charge on any atom is 0.0540 e. The maximum absolute atomic E-state index is 2.44. The van der Waals surface area contributed by atoms with Gasteiger partial charge in [0.25, 0.3) is 0 Å². The zero-order chi connectivity index (χ0) is 52.5. The van der Waals surface area contributed by atoms with Crippen molar-refractivity contribution < 1.29 is 0 Å². The Labute approximate surface area is 458 Å². The van der Waals surface area contributed by atoms with Gasteiger partial charge in [-0.2, -0.15) is 0 Å². The molecule has 0 N–H and O–H groups in total. The van der Waals surface area contributed by atoms with E-state index in [2.05, 4.69) is 317 Å². The highest BCUT2D eigenvalue weighted by Gasteiger charge is 2.38. The number of fused-ring (bicyclic) bond motifs is 8. The predicted molar refractivity (Wildman–Crippen MR) is 332 cm³/mol. The fraction of sp³-hybridized carbons (Fsp3) is 0.0789. The molecule has 0 spiro atoms. The Kier molecular flexibility index (Phi) is 11.2. The van der Waals surface area contributed by atoms with Crippen LogP contribution in [0.25, 0.3) is 78.2 Å². The van der Waals surface area contributed by atoms with E-state index >= 15 is 0 Å². The molecular weight excluding hydrogens is 941 g/mol. The van der Waals surface area contributed by atoms with Gasteiger partial charge in [0.05, 0.1) is 11.4 Å². The Morgan fingerprint density at radius 2 is 0.590 bits per heavy atom. The van der Waals surface area contributed by atoms with Crippen LogP contribution in [0, 0.1) is 0 Å². The molecule has 2 aliphatic carbocycles. The van der Waals surface area contributed by atoms with Crippen LogP contribution in [0.1, 0.15) is 61.1 Å². The van der Waals surface area contributed by atoms with E-state index in [0.717, 1.165) is 34.1 Å². The molecule has 0 atom stereocenters. The van der Waals surface area contributed by atoms with Crippen molar-refractivity contribution in [1.82, 2.24) is 0 Å². The van der Waals surface area contributed by atoms with E-state index in [9.17, 15) is 0 Å². The summed E-state index contributed by atoms with van der Waals surface area (Å²) >= 11 is 0. The van der Waals surface area contributed by atoms with Crippen LogP contribution in [0.4, 0.5) is 34.1 Å². The summed E-state index contributed by atoms with van der Waals surface area (Å²) in [7, 11) is 0. The topological polar surface area (TPSA) is 6.48 Å². The fourth-order valence-corrected chi connectivity index (χ4v) is 12.7. The summed E-state index contributed by atoms with van der Waals surface area (Å²) in [4.78, 5) is 4.87. The van der Waals surface area contributed by atoms with Crippen LogP contribution >= 0.6 is 0 Å². The van der Waals surface area contributed by atoms with E-state index in [1.807, 2.05) is 0 Å². The molecule has 78 heavy (non-hydrogen) atoms. The lowest BCUT2D eigenvalue weighted by molar-refractivity contribution is 0.660. The van der Waals surface area contributed by atoms with E-state index in [4.69, 9.17) is 0 Å². The van der Waals surface area contributed by atoms with Gasteiger partial charge in [-0.3, -0.25) is 0 Å². The molecule has 2 nitrogen and oxygen atoms in total. The molecule has 2 aliphatic rings. The highest BCUT2D eigenvalue weighted by molar-refractivity contribution is 6.01. The zero-order valence-electron chi connectivity index (χ0n) is 44.5. The Hall–Kier alpha value is -9.50. The van der Waals surface area contributed by atoms with E-state index < -0.39 is 0 Å². The second-order valence-corrected chi connectivity index (χ2v) is 22.1. The van der Waals surface area contributed by atoms with Gasteiger partial charge in [0.2, 0.25) is 0 Å². The molecule has 14 rings (SSSR count). The lowest BCUT2D eigenvalue weighted by Crippen LogP contribution is -2.17. The molecule has 0 heterocycles. The number of hydrogen-bond donors (Lipinski definition) is 0. The highest BCUT2D eigenvalue weighted by Crippen LogP contribution is 2.54. The van der Waals surface area contributed by atoms with E-state index in [1.54, 1.807) is 0 Å². The van der Waals surface area contributed by atoms with Crippen molar-refractivity contribution in [3.63, 3.8) is 0 Å². The highest BCUT2D eigenvalue weighted by atomic mass is 15.1. The molecule has 0 amide bonds. The first-order chi connectivity index (χ1) is 38.2. The number of benzene rings is 12. The minimum absolute atomic E-state index is 0.219. The average Bonchev–Trinajstić information content (AvgIpc) is 4.09. The van der Waals surface area contributed by atoms with Gasteiger partial charge >= 0.3 is 0 Å². The number of nitrogens with zero attached hydrogens (tertiary/aromatic N) is 2. The third kappa shape index (κ3) is 7.94. The van der Waals surface area contributed by atoms with Crippen molar-refractivity contribution in [2.24, 2.45) is 0 Å². The molecule has 12 aromatic rings. The minimum atomic E-state index is -0.219. The number of anilines is 6. The van der Waals surface area contributed by atoms with Crippen LogP contribution in [0.2, 0.25) is 0 Å². The molecule has 0 saturated carbocycles. The van der Waals surface area contributed by atoms with Crippen LogP contribution < -0.4 is 9.80 Å². The molecule has 12 aromatic carbocycles. The molecule has 0 radical (unpaired) electrons. The molecule has 0 saturated heterocycles. The van der Waals surface area contributed by atoms with Crippen LogP contribution in [0.3, 0.4) is 0 Å². The summed E-state index contributed by atoms with van der Waals surface area (Å²) in [5.74, 6) is 0. The Balaban J connectivity index is 0.767. The van der Waals surface area contributed by atoms with E-state index in [1.165, 1.54) is 99.4 Å². The van der Waals surface area contributed by atoms with E-state index in [0.29, 0.717) is 0 Å². The van der Waals surface area contributed by atoms with Gasteiger partial charge in [-0.05, 0) is 149 Å². The first kappa shape index (κ1) is 47.0. The summed E-state index contributed by atoms with van der Waals surface area (Å²) < 4.78 is 0. The van der Waals surface area contributed by atoms with Gasteiger partial charge in [-0.15, -0.1) is 0 Å². The standard InChI is InChI=1S/C76H58N2/c1-75(2)69-47-51(31-43-65(69)67-45-41-61(49-71(67)75)77(73-27-15-23-57-21-11-13-25-63(57)73)59-37-33-55(34-38-59)53-17-7-5-8-18-53)29-30-52-32-44-66-68-46-42-62(50-72(68)76(3,4)70(66)48-52)78(74-28-16-24-58-22-12-14-26-64(58)74)60-39-35-56(36-40-60)54-19-9-6-10-20-54/h5-50H,1-4H3/b30-29+. The second kappa shape index (κ2) is 18.7. The predicted octanol–water partition coefficient (Wildman–Crippen LogP) is 21.0. The van der Waals surface area contributed by atoms with Gasteiger partial charge in [0, 0.05) is 44.4 Å². The molecular formula is C76H58N2. The number of hydrogen-bond acceptors (Lipinski definition) is 2. The third-order valence-electron chi connectivity index (χ3n) is 16.8. The molecule has 2 heteroatoms. The van der Waals surface area contributed by atoms with Crippen molar-refractivity contribution in [3.8, 4) is 44.5 Å². The second-order valence-electron chi connectivity index (χ2n) is 22.1. The van der Waals surface area contributed by atoms with Gasteiger partial charge < -0.3 is 9.80 Å². The third-order valence-corrected chi connectivity index (χ3v) is 16.8. The first-order valence-electron chi connectivity index (χ1n) is 27.3. The van der Waals surface area contributed by atoms with Gasteiger partial charge in [-0.25, -0.2) is 0 Å². The largest absolute Gasteiger partial charge is 0.310 e. The summed E-state index contributed by atoms with van der Waals surface area (Å²) in [6.45, 7) is 9.56. The Morgan fingerprint density at radius 3 is 1.00 bits per heavy atom. The molecule has 0 aromatic heterocycles. The SMILES string of the molecule is CC1(C)c2cc(/C=C/c3ccc4c(c3)C(C)(C)c3cc(N(c5ccc(-c6ccccc6)cc5)c5cccc6ccccc56)ccc3-4)ccc2-c2ccc(N(c3ccc(-c4ccccc4)cc3)c3cccc4ccccc34)cc21. The van der Waals surface area contributed by atoms with Gasteiger partial charge in [0.1, 0.15) is 0 Å². The maximum atomic E-state index is 2.44. The minimum Gasteiger partial charge on any atom is -0.310 e. The van der Waals surface area contributed by atoms with Crippen molar-refractivity contribution in [2.75, 3.05) is 9.80 Å². The monoisotopic (exact) mass is 998 g/mol. The molecule has 372 valence electrons. The van der Waals surface area contributed by atoms with Crippen LogP contribution in [0.15, 0.2) is 267 Å². The van der Waals surface area contributed by atoms with Crippen LogP contribution in [-0.4, -0.2) is 0 Å². The molecule has 0 unspecified atom stereocenters. The average molecular weight is 999 g/mol. The number of rotatable bonds is 10. The lowest BCUT2D eigenvalue weighted by atomic mass is 9.81. The normalized spacial score (nSPS) is 13.5. The van der Waals surface area contributed by atoms with Crippen LogP contribution in [0.5, 0.6) is 0 Å². The van der Waals surface area contributed by atoms with Crippen molar-refractivity contribution in [2.45, 2.75) is 38.5 Å². The van der Waals surface area contributed by atoms with Gasteiger partial charge in [-0.1, -0.05) is 246 Å². The summed E-state index contributed by atoms with van der Waals surface area (Å²) in [5.41, 5.74) is 24.3. The summed E-state index contributed by atoms with van der Waals surface area (Å²) in [5, 5.41) is 4.89. The van der Waals surface area contributed by atoms with Crippen molar-refractivity contribution in [1.29, 1.82) is 0 Å². The van der Waals surface area contributed by atoms with Crippen LogP contribution in [-0.2, 0) is 10.8 Å². The molecule has 0 aliphatic heterocycles. The summed E-state index contributed by atoms with van der Waals surface area (Å²) in [6, 6.07) is 98.3. The Bertz CT molecular complexity index is 4010. The molecule has 0 bridgehead atoms. The summed E-state index contributed by atoms with van der Waals surface area (Å²) in [6.07, 6.45) is 4.60. The van der Waals surface area contributed by atoms with Gasteiger partial charge in [0.15, 0.2) is 0 Å².